The Balaban J connectivity index is 2.33. The van der Waals surface area contributed by atoms with Gasteiger partial charge in [0, 0.05) is 0 Å². The first-order valence-corrected chi connectivity index (χ1v) is 6.59. The van der Waals surface area contributed by atoms with Crippen molar-refractivity contribution in [2.24, 2.45) is 0 Å². The van der Waals surface area contributed by atoms with Crippen LogP contribution >= 0.6 is 0 Å². The van der Waals surface area contributed by atoms with Gasteiger partial charge in [0.15, 0.2) is 0 Å². The minimum Gasteiger partial charge on any atom is -0.322 e. The van der Waals surface area contributed by atoms with E-state index in [1.165, 1.54) is 5.56 Å². The molecule has 0 aliphatic carbocycles. The van der Waals surface area contributed by atoms with Crippen molar-refractivity contribution in [3.8, 4) is 5.69 Å². The number of benzene rings is 1. The molecule has 0 radical (unpaired) electrons. The summed E-state index contributed by atoms with van der Waals surface area (Å²) in [5, 5.41) is 10.1. The number of nitrogens with one attached hydrogen (secondary N) is 2. The highest BCUT2D eigenvalue weighted by molar-refractivity contribution is 5.92. The first-order valence-electron chi connectivity index (χ1n) is 6.59. The zero-order valence-corrected chi connectivity index (χ0v) is 12.3. The maximum atomic E-state index is 11.6. The van der Waals surface area contributed by atoms with Gasteiger partial charge in [-0.1, -0.05) is 12.1 Å². The molecular formula is C15H20N4O. The molecule has 1 aromatic carbocycles. The summed E-state index contributed by atoms with van der Waals surface area (Å²) in [6.45, 7) is 6.34. The van der Waals surface area contributed by atoms with E-state index < -0.39 is 0 Å². The van der Waals surface area contributed by atoms with E-state index in [0.29, 0.717) is 0 Å². The van der Waals surface area contributed by atoms with Crippen LogP contribution in [0.1, 0.15) is 16.8 Å². The van der Waals surface area contributed by atoms with E-state index in [-0.39, 0.29) is 12.5 Å². The second-order valence-electron chi connectivity index (χ2n) is 4.92. The predicted molar refractivity (Wildman–Crippen MR) is 80.3 cm³/mol. The average Bonchev–Trinajstić information content (AvgIpc) is 2.74. The number of aromatic nitrogens is 2. The summed E-state index contributed by atoms with van der Waals surface area (Å²) in [6, 6.07) is 6.24. The third-order valence-corrected chi connectivity index (χ3v) is 3.21. The van der Waals surface area contributed by atoms with Crippen molar-refractivity contribution in [1.29, 1.82) is 0 Å². The molecule has 0 aliphatic heterocycles. The van der Waals surface area contributed by atoms with Crippen LogP contribution in [-0.4, -0.2) is 29.3 Å². The van der Waals surface area contributed by atoms with Crippen molar-refractivity contribution in [2.75, 3.05) is 18.9 Å². The standard InChI is InChI=1S/C15H20N4O/c1-10-5-6-11(2)14(7-10)19-12(3)13(8-17-19)18-15(20)9-16-4/h5-8,16H,9H2,1-4H3,(H,18,20). The fourth-order valence-electron chi connectivity index (χ4n) is 2.08. The second kappa shape index (κ2) is 5.88. The van der Waals surface area contributed by atoms with Crippen molar-refractivity contribution in [3.63, 3.8) is 0 Å². The van der Waals surface area contributed by atoms with Gasteiger partial charge in [-0.3, -0.25) is 4.79 Å². The molecular weight excluding hydrogens is 252 g/mol. The van der Waals surface area contributed by atoms with Crippen LogP contribution in [0.25, 0.3) is 5.69 Å². The van der Waals surface area contributed by atoms with E-state index in [1.807, 2.05) is 11.6 Å². The largest absolute Gasteiger partial charge is 0.322 e. The third-order valence-electron chi connectivity index (χ3n) is 3.21. The molecule has 2 N–H and O–H groups in total. The van der Waals surface area contributed by atoms with Gasteiger partial charge in [-0.25, -0.2) is 4.68 Å². The lowest BCUT2D eigenvalue weighted by Crippen LogP contribution is -2.25. The molecule has 0 aliphatic rings. The third kappa shape index (κ3) is 2.88. The molecule has 20 heavy (non-hydrogen) atoms. The van der Waals surface area contributed by atoms with Gasteiger partial charge in [-0.2, -0.15) is 5.10 Å². The summed E-state index contributed by atoms with van der Waals surface area (Å²) >= 11 is 0. The van der Waals surface area contributed by atoms with Crippen molar-refractivity contribution in [2.45, 2.75) is 20.8 Å². The number of amides is 1. The Bertz CT molecular complexity index is 631. The molecule has 0 saturated carbocycles. The van der Waals surface area contributed by atoms with Crippen LogP contribution in [0.2, 0.25) is 0 Å². The molecule has 0 fully saturated rings. The van der Waals surface area contributed by atoms with Crippen LogP contribution in [0.3, 0.4) is 0 Å². The van der Waals surface area contributed by atoms with E-state index in [1.54, 1.807) is 13.2 Å². The van der Waals surface area contributed by atoms with Gasteiger partial charge < -0.3 is 10.6 Å². The summed E-state index contributed by atoms with van der Waals surface area (Å²) in [5.41, 5.74) is 5.03. The van der Waals surface area contributed by atoms with Gasteiger partial charge in [-0.05, 0) is 45.0 Å². The quantitative estimate of drug-likeness (QED) is 0.894. The first kappa shape index (κ1) is 14.3. The summed E-state index contributed by atoms with van der Waals surface area (Å²) in [4.78, 5) is 11.6. The van der Waals surface area contributed by atoms with Crippen LogP contribution in [0.15, 0.2) is 24.4 Å². The Morgan fingerprint density at radius 2 is 2.05 bits per heavy atom. The van der Waals surface area contributed by atoms with E-state index >= 15 is 0 Å². The molecule has 1 aromatic heterocycles. The predicted octanol–water partition coefficient (Wildman–Crippen LogP) is 1.96. The number of hydrogen-bond acceptors (Lipinski definition) is 3. The Labute approximate surface area is 119 Å². The maximum Gasteiger partial charge on any atom is 0.238 e. The Hall–Kier alpha value is -2.14. The molecule has 0 spiro atoms. The SMILES string of the molecule is CNCC(=O)Nc1cnn(-c2cc(C)ccc2C)c1C. The lowest BCUT2D eigenvalue weighted by Gasteiger charge is -2.10. The molecule has 1 heterocycles. The fourth-order valence-corrected chi connectivity index (χ4v) is 2.08. The topological polar surface area (TPSA) is 59.0 Å². The summed E-state index contributed by atoms with van der Waals surface area (Å²) < 4.78 is 1.86. The van der Waals surface area contributed by atoms with Crippen molar-refractivity contribution in [1.82, 2.24) is 15.1 Å². The Kier molecular flexibility index (Phi) is 4.20. The number of hydrogen-bond donors (Lipinski definition) is 2. The zero-order chi connectivity index (χ0) is 14.7. The van der Waals surface area contributed by atoms with Crippen LogP contribution in [0.4, 0.5) is 5.69 Å². The molecule has 0 unspecified atom stereocenters. The Morgan fingerprint density at radius 3 is 2.75 bits per heavy atom. The van der Waals surface area contributed by atoms with E-state index in [0.717, 1.165) is 22.6 Å². The lowest BCUT2D eigenvalue weighted by atomic mass is 10.1. The fraction of sp³-hybridized carbons (Fsp3) is 0.333. The van der Waals surface area contributed by atoms with Gasteiger partial charge in [0.2, 0.25) is 5.91 Å². The minimum atomic E-state index is -0.0730. The second-order valence-corrected chi connectivity index (χ2v) is 4.92. The molecule has 5 heteroatoms. The molecule has 0 saturated heterocycles. The molecule has 2 aromatic rings. The van der Waals surface area contributed by atoms with Crippen LogP contribution in [-0.2, 0) is 4.79 Å². The average molecular weight is 272 g/mol. The number of likely N-dealkylation sites (N-methyl/N-ethyl adjacent to an activating group) is 1. The van der Waals surface area contributed by atoms with E-state index in [2.05, 4.69) is 47.8 Å². The van der Waals surface area contributed by atoms with Gasteiger partial charge in [-0.15, -0.1) is 0 Å². The number of rotatable bonds is 4. The smallest absolute Gasteiger partial charge is 0.238 e. The van der Waals surface area contributed by atoms with Gasteiger partial charge in [0.25, 0.3) is 0 Å². The summed E-state index contributed by atoms with van der Waals surface area (Å²) in [5.74, 6) is -0.0730. The van der Waals surface area contributed by atoms with Crippen LogP contribution in [0, 0.1) is 20.8 Å². The zero-order valence-electron chi connectivity index (χ0n) is 12.3. The van der Waals surface area contributed by atoms with Crippen molar-refractivity contribution < 1.29 is 4.79 Å². The van der Waals surface area contributed by atoms with E-state index in [4.69, 9.17) is 0 Å². The highest BCUT2D eigenvalue weighted by Crippen LogP contribution is 2.21. The number of aryl methyl sites for hydroxylation is 2. The van der Waals surface area contributed by atoms with Gasteiger partial charge in [0.1, 0.15) is 0 Å². The molecule has 106 valence electrons. The normalized spacial score (nSPS) is 10.6. The van der Waals surface area contributed by atoms with E-state index in [9.17, 15) is 4.79 Å². The number of carbonyl (C=O) groups excluding carboxylic acids is 1. The molecule has 0 atom stereocenters. The lowest BCUT2D eigenvalue weighted by molar-refractivity contribution is -0.115. The van der Waals surface area contributed by atoms with Gasteiger partial charge >= 0.3 is 0 Å². The first-order chi connectivity index (χ1) is 9.52. The highest BCUT2D eigenvalue weighted by atomic mass is 16.1. The molecule has 1 amide bonds. The maximum absolute atomic E-state index is 11.6. The number of anilines is 1. The van der Waals surface area contributed by atoms with Crippen molar-refractivity contribution in [3.05, 3.63) is 41.2 Å². The van der Waals surface area contributed by atoms with Crippen LogP contribution < -0.4 is 10.6 Å². The highest BCUT2D eigenvalue weighted by Gasteiger charge is 2.12. The molecule has 2 rings (SSSR count). The number of nitrogens with zero attached hydrogens (tertiary/aromatic N) is 2. The summed E-state index contributed by atoms with van der Waals surface area (Å²) in [7, 11) is 1.74. The van der Waals surface area contributed by atoms with Crippen molar-refractivity contribution >= 4 is 11.6 Å². The molecule has 0 bridgehead atoms. The monoisotopic (exact) mass is 272 g/mol. The van der Waals surface area contributed by atoms with Gasteiger partial charge in [0.05, 0.1) is 29.8 Å². The number of carbonyl (C=O) groups is 1. The minimum absolute atomic E-state index is 0.0730. The Morgan fingerprint density at radius 1 is 1.30 bits per heavy atom. The van der Waals surface area contributed by atoms with Crippen LogP contribution in [0.5, 0.6) is 0 Å². The summed E-state index contributed by atoms with van der Waals surface area (Å²) in [6.07, 6.45) is 1.69. The molecule has 5 nitrogen and oxygen atoms in total.